The van der Waals surface area contributed by atoms with E-state index in [1.54, 1.807) is 24.3 Å². The summed E-state index contributed by atoms with van der Waals surface area (Å²) in [4.78, 5) is 14.8. The monoisotopic (exact) mass is 241 g/mol. The van der Waals surface area contributed by atoms with E-state index >= 15 is 0 Å². The molecule has 0 aliphatic carbocycles. The molecule has 0 aliphatic heterocycles. The Labute approximate surface area is 104 Å². The molecule has 0 radical (unpaired) electrons. The van der Waals surface area contributed by atoms with Crippen molar-refractivity contribution in [3.05, 3.63) is 29.3 Å². The van der Waals surface area contributed by atoms with Gasteiger partial charge in [0.05, 0.1) is 7.11 Å². The fourth-order valence-electron chi connectivity index (χ4n) is 0.860. The summed E-state index contributed by atoms with van der Waals surface area (Å²) >= 11 is 0. The van der Waals surface area contributed by atoms with Crippen LogP contribution in [0, 0.1) is 6.92 Å². The lowest BCUT2D eigenvalue weighted by Gasteiger charge is -2.01. The molecule has 1 aromatic carbocycles. The minimum Gasteiger partial charge on any atom is -0.508 e. The SMILES string of the molecule is CC.CON(C)C.Cc1cc(O)cc(C=O)c1. The number of nitrogens with zero attached hydrogens (tertiary/aromatic N) is 1. The van der Waals surface area contributed by atoms with Crippen LogP contribution in [0.15, 0.2) is 18.2 Å². The van der Waals surface area contributed by atoms with Gasteiger partial charge in [-0.2, -0.15) is 5.06 Å². The number of benzene rings is 1. The smallest absolute Gasteiger partial charge is 0.150 e. The highest BCUT2D eigenvalue weighted by atomic mass is 16.7. The summed E-state index contributed by atoms with van der Waals surface area (Å²) in [5.74, 6) is 0.141. The first-order chi connectivity index (χ1) is 7.99. The van der Waals surface area contributed by atoms with Crippen LogP contribution in [-0.4, -0.2) is 37.7 Å². The van der Waals surface area contributed by atoms with Gasteiger partial charge in [0.15, 0.2) is 0 Å². The van der Waals surface area contributed by atoms with E-state index in [1.165, 1.54) is 6.07 Å². The van der Waals surface area contributed by atoms with Gasteiger partial charge >= 0.3 is 0 Å². The fourth-order valence-corrected chi connectivity index (χ4v) is 0.860. The maximum Gasteiger partial charge on any atom is 0.150 e. The van der Waals surface area contributed by atoms with Crippen LogP contribution in [0.2, 0.25) is 0 Å². The van der Waals surface area contributed by atoms with Gasteiger partial charge in [0, 0.05) is 19.7 Å². The van der Waals surface area contributed by atoms with Crippen LogP contribution in [-0.2, 0) is 4.84 Å². The topological polar surface area (TPSA) is 49.8 Å². The molecular weight excluding hydrogens is 218 g/mol. The van der Waals surface area contributed by atoms with Crippen molar-refractivity contribution in [3.63, 3.8) is 0 Å². The van der Waals surface area contributed by atoms with Gasteiger partial charge in [-0.25, -0.2) is 0 Å². The van der Waals surface area contributed by atoms with Gasteiger partial charge in [0.2, 0.25) is 0 Å². The minimum absolute atomic E-state index is 0.141. The van der Waals surface area contributed by atoms with Crippen molar-refractivity contribution in [3.8, 4) is 5.75 Å². The van der Waals surface area contributed by atoms with Crippen LogP contribution in [0.1, 0.15) is 29.8 Å². The van der Waals surface area contributed by atoms with Crippen LogP contribution in [0.4, 0.5) is 0 Å². The molecule has 4 heteroatoms. The first-order valence-corrected chi connectivity index (χ1v) is 5.47. The molecule has 0 aromatic heterocycles. The van der Waals surface area contributed by atoms with Gasteiger partial charge in [-0.1, -0.05) is 13.8 Å². The predicted molar refractivity (Wildman–Crippen MR) is 70.3 cm³/mol. The standard InChI is InChI=1S/C8H8O2.C3H9NO.C2H6/c1-6-2-7(5-9)4-8(10)3-6;1-4(2)5-3;1-2/h2-5,10H,1H3;1-3H3;1-2H3. The van der Waals surface area contributed by atoms with Crippen LogP contribution in [0.25, 0.3) is 0 Å². The Morgan fingerprint density at radius 1 is 1.24 bits per heavy atom. The third kappa shape index (κ3) is 10.9. The molecule has 0 unspecified atom stereocenters. The van der Waals surface area contributed by atoms with Crippen molar-refractivity contribution < 1.29 is 14.7 Å². The van der Waals surface area contributed by atoms with E-state index in [9.17, 15) is 4.79 Å². The highest BCUT2D eigenvalue weighted by Crippen LogP contribution is 2.12. The van der Waals surface area contributed by atoms with Gasteiger partial charge in [-0.3, -0.25) is 4.79 Å². The second kappa shape index (κ2) is 11.1. The maximum atomic E-state index is 10.2. The molecule has 0 bridgehead atoms. The van der Waals surface area contributed by atoms with Crippen LogP contribution >= 0.6 is 0 Å². The summed E-state index contributed by atoms with van der Waals surface area (Å²) < 4.78 is 0. The van der Waals surface area contributed by atoms with Crippen molar-refractivity contribution in [1.29, 1.82) is 0 Å². The van der Waals surface area contributed by atoms with Crippen molar-refractivity contribution in [2.45, 2.75) is 20.8 Å². The van der Waals surface area contributed by atoms with Crippen molar-refractivity contribution in [2.75, 3.05) is 21.2 Å². The quantitative estimate of drug-likeness (QED) is 0.639. The van der Waals surface area contributed by atoms with Gasteiger partial charge in [0.25, 0.3) is 0 Å². The van der Waals surface area contributed by atoms with Crippen molar-refractivity contribution in [2.24, 2.45) is 0 Å². The zero-order chi connectivity index (χ0) is 13.8. The molecule has 0 aliphatic rings. The summed E-state index contributed by atoms with van der Waals surface area (Å²) in [5, 5.41) is 10.6. The lowest BCUT2D eigenvalue weighted by molar-refractivity contribution is -0.0855. The number of phenols is 1. The number of rotatable bonds is 2. The second-order valence-electron chi connectivity index (χ2n) is 3.21. The van der Waals surface area contributed by atoms with Crippen LogP contribution < -0.4 is 0 Å². The molecule has 0 atom stereocenters. The Balaban J connectivity index is 0. The molecule has 0 amide bonds. The van der Waals surface area contributed by atoms with E-state index in [0.29, 0.717) is 11.8 Å². The molecule has 0 saturated heterocycles. The third-order valence-corrected chi connectivity index (χ3v) is 1.59. The lowest BCUT2D eigenvalue weighted by atomic mass is 10.1. The molecule has 0 fully saturated rings. The molecule has 17 heavy (non-hydrogen) atoms. The molecular formula is C13H23NO3. The summed E-state index contributed by atoms with van der Waals surface area (Å²) in [6.07, 6.45) is 0.715. The molecule has 0 spiro atoms. The van der Waals surface area contributed by atoms with E-state index in [0.717, 1.165) is 5.56 Å². The Morgan fingerprint density at radius 3 is 2.00 bits per heavy atom. The largest absolute Gasteiger partial charge is 0.508 e. The average molecular weight is 241 g/mol. The summed E-state index contributed by atoms with van der Waals surface area (Å²) in [6, 6.07) is 4.75. The van der Waals surface area contributed by atoms with Gasteiger partial charge in [0.1, 0.15) is 12.0 Å². The molecule has 1 aromatic rings. The minimum atomic E-state index is 0.141. The molecule has 4 nitrogen and oxygen atoms in total. The predicted octanol–water partition coefficient (Wildman–Crippen LogP) is 2.65. The number of hydrogen-bond donors (Lipinski definition) is 1. The lowest BCUT2D eigenvalue weighted by Crippen LogP contribution is -2.07. The van der Waals surface area contributed by atoms with E-state index < -0.39 is 0 Å². The number of hydroxylamine groups is 2. The number of aldehydes is 1. The summed E-state index contributed by atoms with van der Waals surface area (Å²) in [5.41, 5.74) is 1.40. The summed E-state index contributed by atoms with van der Waals surface area (Å²) in [7, 11) is 5.29. The first-order valence-electron chi connectivity index (χ1n) is 5.47. The van der Waals surface area contributed by atoms with E-state index in [-0.39, 0.29) is 5.75 Å². The zero-order valence-electron chi connectivity index (χ0n) is 11.5. The van der Waals surface area contributed by atoms with Crippen LogP contribution in [0.3, 0.4) is 0 Å². The van der Waals surface area contributed by atoms with Crippen molar-refractivity contribution >= 4 is 6.29 Å². The zero-order valence-corrected chi connectivity index (χ0v) is 11.5. The number of hydrogen-bond acceptors (Lipinski definition) is 4. The van der Waals surface area contributed by atoms with E-state index in [4.69, 9.17) is 5.11 Å². The first kappa shape index (κ1) is 18.0. The van der Waals surface area contributed by atoms with Gasteiger partial charge in [-0.15, -0.1) is 0 Å². The Morgan fingerprint density at radius 2 is 1.71 bits per heavy atom. The average Bonchev–Trinajstić information content (AvgIpc) is 2.31. The molecule has 1 rings (SSSR count). The normalized spacial score (nSPS) is 8.65. The highest BCUT2D eigenvalue weighted by Gasteiger charge is 1.93. The van der Waals surface area contributed by atoms with E-state index in [1.807, 2.05) is 34.9 Å². The van der Waals surface area contributed by atoms with Crippen LogP contribution in [0.5, 0.6) is 5.75 Å². The number of aromatic hydroxyl groups is 1. The number of phenolic OH excluding ortho intramolecular Hbond substituents is 1. The molecule has 0 saturated carbocycles. The molecule has 1 N–H and O–H groups in total. The number of aryl methyl sites for hydroxylation is 1. The molecule has 0 heterocycles. The number of carbonyl (C=O) groups is 1. The van der Waals surface area contributed by atoms with E-state index in [2.05, 4.69) is 4.84 Å². The fraction of sp³-hybridized carbons (Fsp3) is 0.462. The number of carbonyl (C=O) groups excluding carboxylic acids is 1. The van der Waals surface area contributed by atoms with Gasteiger partial charge in [-0.05, 0) is 30.7 Å². The Hall–Kier alpha value is -1.39. The Kier molecular flexibility index (Phi) is 11.8. The molecule has 98 valence electrons. The Bertz CT molecular complexity index is 291. The van der Waals surface area contributed by atoms with Crippen molar-refractivity contribution in [1.82, 2.24) is 5.06 Å². The second-order valence-corrected chi connectivity index (χ2v) is 3.21. The summed E-state index contributed by atoms with van der Waals surface area (Å²) in [6.45, 7) is 5.83. The van der Waals surface area contributed by atoms with Gasteiger partial charge < -0.3 is 9.94 Å². The maximum absolute atomic E-state index is 10.2. The third-order valence-electron chi connectivity index (χ3n) is 1.59. The highest BCUT2D eigenvalue weighted by molar-refractivity contribution is 5.75.